The van der Waals surface area contributed by atoms with Crippen LogP contribution in [0.2, 0.25) is 5.02 Å². The van der Waals surface area contributed by atoms with Gasteiger partial charge >= 0.3 is 0 Å². The molecule has 0 atom stereocenters. The summed E-state index contributed by atoms with van der Waals surface area (Å²) in [6, 6.07) is 10.1. The number of sulfonamides is 1. The molecule has 0 aliphatic rings. The Balaban J connectivity index is 1.74. The Morgan fingerprint density at radius 1 is 1.19 bits per heavy atom. The summed E-state index contributed by atoms with van der Waals surface area (Å²) in [5, 5.41) is 1.58. The van der Waals surface area contributed by atoms with Crippen LogP contribution in [0, 0.1) is 5.92 Å². The second kappa shape index (κ2) is 7.78. The number of pyridine rings is 1. The fourth-order valence-corrected chi connectivity index (χ4v) is 4.10. The maximum Gasteiger partial charge on any atom is 0.240 e. The van der Waals surface area contributed by atoms with Crippen molar-refractivity contribution in [2.24, 2.45) is 5.92 Å². The van der Waals surface area contributed by atoms with Crippen molar-refractivity contribution in [2.75, 3.05) is 6.54 Å². The van der Waals surface area contributed by atoms with E-state index in [1.807, 2.05) is 12.1 Å². The number of halogens is 1. The van der Waals surface area contributed by atoms with Crippen LogP contribution in [-0.4, -0.2) is 24.5 Å². The molecule has 0 fully saturated rings. The van der Waals surface area contributed by atoms with Crippen LogP contribution in [0.5, 0.6) is 0 Å². The zero-order chi connectivity index (χ0) is 18.7. The minimum atomic E-state index is -3.54. The third-order valence-corrected chi connectivity index (χ3v) is 5.82. The van der Waals surface area contributed by atoms with Crippen LogP contribution >= 0.6 is 11.6 Å². The lowest BCUT2D eigenvalue weighted by atomic mass is 10.2. The van der Waals surface area contributed by atoms with Crippen LogP contribution < -0.4 is 4.72 Å². The summed E-state index contributed by atoms with van der Waals surface area (Å²) in [5.41, 5.74) is 2.03. The van der Waals surface area contributed by atoms with Gasteiger partial charge in [0.1, 0.15) is 5.65 Å². The van der Waals surface area contributed by atoms with Crippen LogP contribution in [0.15, 0.2) is 53.7 Å². The zero-order valence-corrected chi connectivity index (χ0v) is 16.4. The second-order valence-electron chi connectivity index (χ2n) is 6.68. The average Bonchev–Trinajstić information content (AvgIpc) is 2.93. The smallest absolute Gasteiger partial charge is 0.240 e. The molecule has 5 nitrogen and oxygen atoms in total. The molecule has 7 heteroatoms. The van der Waals surface area contributed by atoms with E-state index < -0.39 is 10.0 Å². The Morgan fingerprint density at radius 2 is 1.92 bits per heavy atom. The second-order valence-corrected chi connectivity index (χ2v) is 8.88. The lowest BCUT2D eigenvalue weighted by Gasteiger charge is -2.07. The highest BCUT2D eigenvalue weighted by Gasteiger charge is 2.15. The first kappa shape index (κ1) is 18.9. The summed E-state index contributed by atoms with van der Waals surface area (Å²) in [5.74, 6) is 0.504. The van der Waals surface area contributed by atoms with Gasteiger partial charge in [-0.25, -0.2) is 18.1 Å². The van der Waals surface area contributed by atoms with E-state index in [9.17, 15) is 8.42 Å². The largest absolute Gasteiger partial charge is 0.332 e. The number of rotatable bonds is 7. The van der Waals surface area contributed by atoms with Crippen molar-refractivity contribution in [3.8, 4) is 0 Å². The van der Waals surface area contributed by atoms with E-state index in [2.05, 4.69) is 34.3 Å². The normalized spacial score (nSPS) is 12.2. The van der Waals surface area contributed by atoms with Crippen LogP contribution in [0.25, 0.3) is 11.0 Å². The first-order chi connectivity index (χ1) is 12.4. The van der Waals surface area contributed by atoms with Gasteiger partial charge in [-0.05, 0) is 54.3 Å². The van der Waals surface area contributed by atoms with Crippen LogP contribution in [0.1, 0.15) is 19.4 Å². The highest BCUT2D eigenvalue weighted by molar-refractivity contribution is 7.89. The zero-order valence-electron chi connectivity index (χ0n) is 14.8. The molecule has 1 N–H and O–H groups in total. The van der Waals surface area contributed by atoms with E-state index in [0.717, 1.165) is 23.1 Å². The SMILES string of the molecule is CC(C)Cn1cc(CCNS(=O)(=O)c2ccc(Cl)cc2)c2cccnc21. The molecule has 0 amide bonds. The highest BCUT2D eigenvalue weighted by Crippen LogP contribution is 2.21. The van der Waals surface area contributed by atoms with Gasteiger partial charge in [-0.15, -0.1) is 0 Å². The summed E-state index contributed by atoms with van der Waals surface area (Å²) in [4.78, 5) is 4.69. The van der Waals surface area contributed by atoms with Crippen molar-refractivity contribution in [3.63, 3.8) is 0 Å². The topological polar surface area (TPSA) is 64.0 Å². The van der Waals surface area contributed by atoms with Gasteiger partial charge in [0.25, 0.3) is 0 Å². The van der Waals surface area contributed by atoms with Gasteiger partial charge in [-0.2, -0.15) is 0 Å². The molecule has 0 saturated heterocycles. The monoisotopic (exact) mass is 391 g/mol. The van der Waals surface area contributed by atoms with Crippen molar-refractivity contribution >= 4 is 32.7 Å². The first-order valence-electron chi connectivity index (χ1n) is 8.55. The third kappa shape index (κ3) is 4.26. The molecule has 0 bridgehead atoms. The van der Waals surface area contributed by atoms with Crippen LogP contribution in [-0.2, 0) is 23.0 Å². The molecular formula is C19H22ClN3O2S. The minimum Gasteiger partial charge on any atom is -0.332 e. The third-order valence-electron chi connectivity index (χ3n) is 4.09. The molecule has 3 aromatic rings. The Labute approximate surface area is 159 Å². The van der Waals surface area contributed by atoms with Crippen molar-refractivity contribution in [1.29, 1.82) is 0 Å². The molecular weight excluding hydrogens is 370 g/mol. The van der Waals surface area contributed by atoms with E-state index >= 15 is 0 Å². The summed E-state index contributed by atoms with van der Waals surface area (Å²) in [6.07, 6.45) is 4.46. The van der Waals surface area contributed by atoms with Crippen molar-refractivity contribution < 1.29 is 8.42 Å². The number of hydrogen-bond acceptors (Lipinski definition) is 3. The predicted molar refractivity (Wildman–Crippen MR) is 105 cm³/mol. The molecule has 0 radical (unpaired) electrons. The minimum absolute atomic E-state index is 0.214. The molecule has 138 valence electrons. The maximum absolute atomic E-state index is 12.4. The quantitative estimate of drug-likeness (QED) is 0.665. The predicted octanol–water partition coefficient (Wildman–Crippen LogP) is 3.87. The van der Waals surface area contributed by atoms with Crippen LogP contribution in [0.4, 0.5) is 0 Å². The lowest BCUT2D eigenvalue weighted by molar-refractivity contribution is 0.532. The van der Waals surface area contributed by atoms with Gasteiger partial charge in [0.2, 0.25) is 10.0 Å². The Bertz CT molecular complexity index is 995. The average molecular weight is 392 g/mol. The standard InChI is InChI=1S/C19H22ClN3O2S/c1-14(2)12-23-13-15(18-4-3-10-21-19(18)23)9-11-22-26(24,25)17-7-5-16(20)6-8-17/h3-8,10,13-14,22H,9,11-12H2,1-2H3. The maximum atomic E-state index is 12.4. The molecule has 0 unspecified atom stereocenters. The number of benzene rings is 1. The van der Waals surface area contributed by atoms with Crippen molar-refractivity contribution in [1.82, 2.24) is 14.3 Å². The van der Waals surface area contributed by atoms with Crippen LogP contribution in [0.3, 0.4) is 0 Å². The Morgan fingerprint density at radius 3 is 2.62 bits per heavy atom. The van der Waals surface area contributed by atoms with E-state index in [1.165, 1.54) is 12.1 Å². The van der Waals surface area contributed by atoms with Gasteiger partial charge in [0, 0.05) is 35.9 Å². The Hall–Kier alpha value is -1.89. The summed E-state index contributed by atoms with van der Waals surface area (Å²) >= 11 is 5.82. The number of aromatic nitrogens is 2. The lowest BCUT2D eigenvalue weighted by Crippen LogP contribution is -2.25. The molecule has 26 heavy (non-hydrogen) atoms. The molecule has 2 heterocycles. The van der Waals surface area contributed by atoms with Gasteiger partial charge in [0.15, 0.2) is 0 Å². The van der Waals surface area contributed by atoms with Crippen molar-refractivity contribution in [3.05, 3.63) is 59.4 Å². The number of fused-ring (bicyclic) bond motifs is 1. The number of nitrogens with one attached hydrogen (secondary N) is 1. The fraction of sp³-hybridized carbons (Fsp3) is 0.316. The molecule has 3 rings (SSSR count). The Kier molecular flexibility index (Phi) is 5.65. The van der Waals surface area contributed by atoms with E-state index in [4.69, 9.17) is 11.6 Å². The molecule has 0 aliphatic heterocycles. The fourth-order valence-electron chi connectivity index (χ4n) is 2.94. The number of nitrogens with zero attached hydrogens (tertiary/aromatic N) is 2. The van der Waals surface area contributed by atoms with E-state index in [0.29, 0.717) is 23.9 Å². The highest BCUT2D eigenvalue weighted by atomic mass is 35.5. The molecule has 1 aromatic carbocycles. The van der Waals surface area contributed by atoms with Gasteiger partial charge < -0.3 is 4.57 Å². The van der Waals surface area contributed by atoms with Gasteiger partial charge in [-0.1, -0.05) is 25.4 Å². The molecule has 0 spiro atoms. The van der Waals surface area contributed by atoms with Gasteiger partial charge in [0.05, 0.1) is 4.90 Å². The van der Waals surface area contributed by atoms with E-state index in [-0.39, 0.29) is 4.90 Å². The molecule has 2 aromatic heterocycles. The molecule has 0 aliphatic carbocycles. The molecule has 0 saturated carbocycles. The summed E-state index contributed by atoms with van der Waals surface area (Å²) in [7, 11) is -3.54. The summed E-state index contributed by atoms with van der Waals surface area (Å²) in [6.45, 7) is 5.52. The summed E-state index contributed by atoms with van der Waals surface area (Å²) < 4.78 is 29.6. The van der Waals surface area contributed by atoms with Crippen molar-refractivity contribution in [2.45, 2.75) is 31.7 Å². The van der Waals surface area contributed by atoms with E-state index in [1.54, 1.807) is 18.3 Å². The number of hydrogen-bond donors (Lipinski definition) is 1. The first-order valence-corrected chi connectivity index (χ1v) is 10.4. The van der Waals surface area contributed by atoms with Gasteiger partial charge in [-0.3, -0.25) is 0 Å².